The Bertz CT molecular complexity index is 3250. The van der Waals surface area contributed by atoms with Gasteiger partial charge in [0.05, 0.1) is 11.4 Å². The van der Waals surface area contributed by atoms with Gasteiger partial charge in [0.25, 0.3) is 0 Å². The van der Waals surface area contributed by atoms with Gasteiger partial charge in [0.1, 0.15) is 0 Å². The van der Waals surface area contributed by atoms with Crippen LogP contribution in [-0.2, 0) is 5.41 Å². The van der Waals surface area contributed by atoms with Gasteiger partial charge in [0.2, 0.25) is 0 Å². The first kappa shape index (κ1) is 35.0. The van der Waals surface area contributed by atoms with Crippen molar-refractivity contribution < 1.29 is 0 Å². The zero-order valence-electron chi connectivity index (χ0n) is 33.9. The van der Waals surface area contributed by atoms with E-state index < -0.39 is 0 Å². The Kier molecular flexibility index (Phi) is 8.00. The van der Waals surface area contributed by atoms with Crippen LogP contribution < -0.4 is 9.80 Å². The Labute approximate surface area is 346 Å². The maximum Gasteiger partial charge on any atom is 0.0540 e. The van der Waals surface area contributed by atoms with Crippen LogP contribution in [0.1, 0.15) is 36.1 Å². The quantitative estimate of drug-likeness (QED) is 0.156. The van der Waals surface area contributed by atoms with Crippen molar-refractivity contribution in [2.75, 3.05) is 9.80 Å². The van der Waals surface area contributed by atoms with Crippen molar-refractivity contribution in [1.29, 1.82) is 0 Å². The Morgan fingerprint density at radius 3 is 1.44 bits per heavy atom. The number of rotatable bonds is 6. The molecule has 0 bridgehead atoms. The number of anilines is 6. The van der Waals surface area contributed by atoms with E-state index in [1.165, 1.54) is 87.8 Å². The molecule has 282 valence electrons. The van der Waals surface area contributed by atoms with E-state index in [0.717, 1.165) is 22.7 Å². The van der Waals surface area contributed by atoms with Crippen molar-refractivity contribution in [3.63, 3.8) is 0 Å². The fourth-order valence-corrected chi connectivity index (χ4v) is 9.69. The molecule has 0 unspecified atom stereocenters. The van der Waals surface area contributed by atoms with Crippen LogP contribution in [0.5, 0.6) is 0 Å². The van der Waals surface area contributed by atoms with Gasteiger partial charge >= 0.3 is 0 Å². The van der Waals surface area contributed by atoms with E-state index in [4.69, 9.17) is 0 Å². The van der Waals surface area contributed by atoms with Gasteiger partial charge in [-0.3, -0.25) is 0 Å². The van der Waals surface area contributed by atoms with Gasteiger partial charge in [-0.15, -0.1) is 0 Å². The minimum Gasteiger partial charge on any atom is -0.310 e. The Balaban J connectivity index is 1.11. The minimum absolute atomic E-state index is 0.252. The third-order valence-electron chi connectivity index (χ3n) is 12.7. The largest absolute Gasteiger partial charge is 0.310 e. The van der Waals surface area contributed by atoms with Gasteiger partial charge in [-0.25, -0.2) is 0 Å². The SMILES string of the molecule is Cc1ccc(N(c2ccc3c(c2)C(C)(C)c2cccc4c2c-3cc2ccc(N(c3ccc(C)cc3)c3cccc5ccccc35)cc24)c2cccc3ccccc23)cc1. The molecule has 10 aromatic carbocycles. The standard InChI is InChI=1S/C57H44N2/c1-37-22-27-42(28-23-37)58(54-20-9-14-39-12-5-7-16-46(39)54)44-31-26-41-34-51-48-33-32-45(36-53(48)57(3,4)52-19-11-18-49(56(51)52)50(41)35-44)59(43-29-24-38(2)25-30-43)55-21-10-15-40-13-6-8-17-47(40)55/h5-36H,1-4H3. The molecule has 0 heterocycles. The molecule has 0 fully saturated rings. The number of benzene rings is 10. The first-order valence-corrected chi connectivity index (χ1v) is 20.7. The lowest BCUT2D eigenvalue weighted by molar-refractivity contribution is 0.645. The summed E-state index contributed by atoms with van der Waals surface area (Å²) in [4.78, 5) is 4.86. The van der Waals surface area contributed by atoms with E-state index >= 15 is 0 Å². The third-order valence-corrected chi connectivity index (χ3v) is 12.7. The molecule has 0 amide bonds. The van der Waals surface area contributed by atoms with Crippen molar-refractivity contribution >= 4 is 77.2 Å². The molecular weight excluding hydrogens is 713 g/mol. The number of hydrogen-bond acceptors (Lipinski definition) is 2. The van der Waals surface area contributed by atoms with E-state index in [9.17, 15) is 0 Å². The van der Waals surface area contributed by atoms with Gasteiger partial charge < -0.3 is 9.80 Å². The molecule has 0 N–H and O–H groups in total. The van der Waals surface area contributed by atoms with Crippen LogP contribution in [-0.4, -0.2) is 0 Å². The van der Waals surface area contributed by atoms with Gasteiger partial charge in [0, 0.05) is 38.9 Å². The van der Waals surface area contributed by atoms with Crippen molar-refractivity contribution in [3.8, 4) is 11.1 Å². The highest BCUT2D eigenvalue weighted by molar-refractivity contribution is 6.18. The normalized spacial score (nSPS) is 12.9. The van der Waals surface area contributed by atoms with Gasteiger partial charge in [0.15, 0.2) is 0 Å². The Morgan fingerprint density at radius 2 is 0.831 bits per heavy atom. The molecule has 0 spiro atoms. The molecule has 1 aliphatic rings. The molecule has 0 radical (unpaired) electrons. The second kappa shape index (κ2) is 13.5. The van der Waals surface area contributed by atoms with Crippen LogP contribution in [0.4, 0.5) is 34.1 Å². The first-order valence-electron chi connectivity index (χ1n) is 20.7. The summed E-state index contributed by atoms with van der Waals surface area (Å²) in [6, 6.07) is 72.1. The molecule has 2 heteroatoms. The third kappa shape index (κ3) is 5.62. The van der Waals surface area contributed by atoms with E-state index in [2.05, 4.69) is 232 Å². The highest BCUT2D eigenvalue weighted by Crippen LogP contribution is 2.53. The maximum atomic E-state index is 2.45. The summed E-state index contributed by atoms with van der Waals surface area (Å²) < 4.78 is 0. The highest BCUT2D eigenvalue weighted by atomic mass is 15.1. The number of hydrogen-bond donors (Lipinski definition) is 0. The zero-order valence-corrected chi connectivity index (χ0v) is 33.9. The fourth-order valence-electron chi connectivity index (χ4n) is 9.69. The molecule has 0 saturated carbocycles. The molecule has 2 nitrogen and oxygen atoms in total. The fraction of sp³-hybridized carbons (Fsp3) is 0.0877. The molecule has 11 rings (SSSR count). The van der Waals surface area contributed by atoms with E-state index in [1.54, 1.807) is 0 Å². The lowest BCUT2D eigenvalue weighted by Gasteiger charge is -2.37. The zero-order chi connectivity index (χ0) is 39.8. The first-order chi connectivity index (χ1) is 28.8. The van der Waals surface area contributed by atoms with Crippen molar-refractivity contribution in [2.24, 2.45) is 0 Å². The number of fused-ring (bicyclic) bond motifs is 6. The van der Waals surface area contributed by atoms with E-state index in [-0.39, 0.29) is 5.41 Å². The molecule has 59 heavy (non-hydrogen) atoms. The molecular formula is C57H44N2. The molecule has 1 aliphatic carbocycles. The van der Waals surface area contributed by atoms with Crippen LogP contribution in [0, 0.1) is 13.8 Å². The van der Waals surface area contributed by atoms with Crippen LogP contribution in [0.15, 0.2) is 194 Å². The van der Waals surface area contributed by atoms with Gasteiger partial charge in [-0.05, 0) is 135 Å². The smallest absolute Gasteiger partial charge is 0.0540 e. The van der Waals surface area contributed by atoms with Crippen molar-refractivity contribution in [1.82, 2.24) is 0 Å². The van der Waals surface area contributed by atoms with Gasteiger partial charge in [-0.2, -0.15) is 0 Å². The van der Waals surface area contributed by atoms with Gasteiger partial charge in [-0.1, -0.05) is 152 Å². The molecule has 0 aliphatic heterocycles. The number of aryl methyl sites for hydroxylation is 2. The number of nitrogens with zero attached hydrogens (tertiary/aromatic N) is 2. The predicted octanol–water partition coefficient (Wildman–Crippen LogP) is 16.2. The second-order valence-electron chi connectivity index (χ2n) is 16.8. The summed E-state index contributed by atoms with van der Waals surface area (Å²) in [5.41, 5.74) is 14.5. The summed E-state index contributed by atoms with van der Waals surface area (Å²) in [7, 11) is 0. The summed E-state index contributed by atoms with van der Waals surface area (Å²) in [6.07, 6.45) is 0. The van der Waals surface area contributed by atoms with Crippen molar-refractivity contribution in [2.45, 2.75) is 33.1 Å². The highest BCUT2D eigenvalue weighted by Gasteiger charge is 2.35. The molecule has 0 atom stereocenters. The Morgan fingerprint density at radius 1 is 0.339 bits per heavy atom. The van der Waals surface area contributed by atoms with Crippen LogP contribution in [0.2, 0.25) is 0 Å². The monoisotopic (exact) mass is 756 g/mol. The van der Waals surface area contributed by atoms with Crippen LogP contribution >= 0.6 is 0 Å². The van der Waals surface area contributed by atoms with E-state index in [1.807, 2.05) is 0 Å². The van der Waals surface area contributed by atoms with E-state index in [0.29, 0.717) is 0 Å². The lowest BCUT2D eigenvalue weighted by atomic mass is 9.68. The summed E-state index contributed by atoms with van der Waals surface area (Å²) in [6.45, 7) is 9.11. The summed E-state index contributed by atoms with van der Waals surface area (Å²) >= 11 is 0. The molecule has 10 aromatic rings. The minimum atomic E-state index is -0.252. The maximum absolute atomic E-state index is 2.45. The average Bonchev–Trinajstić information content (AvgIpc) is 3.27. The Hall–Kier alpha value is -7.16. The summed E-state index contributed by atoms with van der Waals surface area (Å²) in [5.74, 6) is 0. The topological polar surface area (TPSA) is 6.48 Å². The second-order valence-corrected chi connectivity index (χ2v) is 16.8. The predicted molar refractivity (Wildman–Crippen MR) is 253 cm³/mol. The van der Waals surface area contributed by atoms with Crippen LogP contribution in [0.3, 0.4) is 0 Å². The van der Waals surface area contributed by atoms with Crippen LogP contribution in [0.25, 0.3) is 54.2 Å². The lowest BCUT2D eigenvalue weighted by Crippen LogP contribution is -2.24. The summed E-state index contributed by atoms with van der Waals surface area (Å²) in [5, 5.41) is 10.1. The molecule has 0 saturated heterocycles. The van der Waals surface area contributed by atoms with Crippen molar-refractivity contribution in [3.05, 3.63) is 216 Å². The average molecular weight is 757 g/mol. The molecule has 0 aromatic heterocycles.